The molecule has 0 bridgehead atoms. The van der Waals surface area contributed by atoms with E-state index in [0.717, 1.165) is 48.1 Å². The Morgan fingerprint density at radius 3 is 1.24 bits per heavy atom. The zero-order chi connectivity index (χ0) is 59.9. The van der Waals surface area contributed by atoms with E-state index >= 15 is 0 Å². The van der Waals surface area contributed by atoms with Crippen molar-refractivity contribution in [2.45, 2.75) is 180 Å². The second-order valence-electron chi connectivity index (χ2n) is 25.1. The number of nitrogens with zero attached hydrogens (tertiary/aromatic N) is 3. The van der Waals surface area contributed by atoms with Crippen LogP contribution in [0.2, 0.25) is 0 Å². The first-order valence-electron chi connectivity index (χ1n) is 29.7. The fourth-order valence-electron chi connectivity index (χ4n) is 11.6. The Kier molecular flexibility index (Phi) is 23.7. The molecule has 17 heteroatoms. The topological polar surface area (TPSA) is 209 Å². The lowest BCUT2D eigenvalue weighted by molar-refractivity contribution is -0.143. The number of ether oxygens (including phenoxy) is 1. The van der Waals surface area contributed by atoms with Crippen molar-refractivity contribution in [2.24, 2.45) is 10.8 Å². The average molecular weight is 1170 g/mol. The van der Waals surface area contributed by atoms with E-state index in [9.17, 15) is 43.2 Å². The molecular weight excluding hydrogens is 1080 g/mol. The van der Waals surface area contributed by atoms with Crippen molar-refractivity contribution < 1.29 is 47.9 Å². The van der Waals surface area contributed by atoms with Gasteiger partial charge in [0.25, 0.3) is 0 Å². The standard InChI is InChI=1S/C36H47N3O6.C31H39N3O4.ClH/c1-35(2,3)45-34(44)39-21-13-19-29(39)32(42)38-20-12-18-28(38)31(41)24-36(4,5)33(43)37-27(22-25-14-8-6-9-15-25)30(40)23-26-16-10-7-11-17-26;1-31(2,21-28(36)26-16-10-18-34(26)29(37)24-15-9-17-32-24)30(38)33-25(19-22-11-5-3-6-12-22)27(35)20-23-13-7-4-8-14-23;/h6-11,14-17,27-29H,12-13,18-24H2,1-5H3,(H,37,43);3-8,11-14,24-26,32H,9-10,15-21H2,1-2H3,(H,33,38);1H. The van der Waals surface area contributed by atoms with Gasteiger partial charge in [-0.1, -0.05) is 149 Å². The normalized spacial score (nSPS) is 19.4. The highest BCUT2D eigenvalue weighted by Crippen LogP contribution is 2.32. The van der Waals surface area contributed by atoms with Gasteiger partial charge in [-0.3, -0.25) is 43.3 Å². The molecule has 8 rings (SSSR count). The Balaban J connectivity index is 0.000000270. The summed E-state index contributed by atoms with van der Waals surface area (Å²) in [5, 5.41) is 9.16. The molecular formula is C67H87ClN6O10. The number of Topliss-reactive ketones (excluding diaryl/α,β-unsaturated/α-hetero) is 4. The van der Waals surface area contributed by atoms with Gasteiger partial charge in [0.05, 0.1) is 41.0 Å². The third-order valence-corrected chi connectivity index (χ3v) is 16.2. The van der Waals surface area contributed by atoms with E-state index in [4.69, 9.17) is 4.74 Å². The molecule has 4 aromatic rings. The number of halogens is 1. The number of hydrogen-bond acceptors (Lipinski definition) is 11. The van der Waals surface area contributed by atoms with Gasteiger partial charge >= 0.3 is 6.09 Å². The highest BCUT2D eigenvalue weighted by Gasteiger charge is 2.46. The number of rotatable bonds is 22. The number of carbonyl (C=O) groups excluding carboxylic acids is 9. The molecule has 452 valence electrons. The third-order valence-electron chi connectivity index (χ3n) is 16.2. The predicted octanol–water partition coefficient (Wildman–Crippen LogP) is 8.58. The maximum absolute atomic E-state index is 13.7. The number of nitrogens with one attached hydrogen (secondary N) is 3. The van der Waals surface area contributed by atoms with Crippen molar-refractivity contribution in [1.82, 2.24) is 30.7 Å². The van der Waals surface area contributed by atoms with E-state index in [0.29, 0.717) is 64.6 Å². The first kappa shape index (κ1) is 66.1. The second-order valence-corrected chi connectivity index (χ2v) is 25.1. The number of amides is 5. The number of hydrogen-bond donors (Lipinski definition) is 3. The van der Waals surface area contributed by atoms with Crippen LogP contribution in [0.3, 0.4) is 0 Å². The van der Waals surface area contributed by atoms with Crippen LogP contribution in [0.1, 0.15) is 135 Å². The fraction of sp³-hybridized carbons (Fsp3) is 0.507. The van der Waals surface area contributed by atoms with Crippen molar-refractivity contribution >= 4 is 65.3 Å². The van der Waals surface area contributed by atoms with Crippen molar-refractivity contribution in [3.63, 3.8) is 0 Å². The van der Waals surface area contributed by atoms with Crippen LogP contribution in [-0.2, 0) is 68.8 Å². The summed E-state index contributed by atoms with van der Waals surface area (Å²) in [5.41, 5.74) is 0.801. The smallest absolute Gasteiger partial charge is 0.410 e. The van der Waals surface area contributed by atoms with E-state index in [1.807, 2.05) is 121 Å². The van der Waals surface area contributed by atoms with Crippen LogP contribution in [0.5, 0.6) is 0 Å². The quantitative estimate of drug-likeness (QED) is 0.0679. The lowest BCUT2D eigenvalue weighted by Crippen LogP contribution is -2.53. The SMILES string of the molecule is CC(C)(C)OC(=O)N1CCCC1C(=O)N1CCCC1C(=O)CC(C)(C)C(=O)NC(Cc1ccccc1)C(=O)Cc1ccccc1.CC(C)(CC(=O)C1CCCN1C(=O)C1CCCN1)C(=O)NC(Cc1ccccc1)C(=O)Cc1ccccc1.Cl. The van der Waals surface area contributed by atoms with Crippen molar-refractivity contribution in [3.05, 3.63) is 144 Å². The molecule has 3 N–H and O–H groups in total. The Morgan fingerprint density at radius 2 is 0.857 bits per heavy atom. The molecule has 0 aliphatic carbocycles. The van der Waals surface area contributed by atoms with Crippen LogP contribution in [-0.4, -0.2) is 136 Å². The number of carbonyl (C=O) groups is 9. The predicted molar refractivity (Wildman–Crippen MR) is 325 cm³/mol. The van der Waals surface area contributed by atoms with Crippen LogP contribution < -0.4 is 16.0 Å². The third kappa shape index (κ3) is 18.5. The maximum atomic E-state index is 13.7. The highest BCUT2D eigenvalue weighted by molar-refractivity contribution is 5.99. The van der Waals surface area contributed by atoms with Gasteiger partial charge in [-0.15, -0.1) is 12.4 Å². The molecule has 6 unspecified atom stereocenters. The number of benzene rings is 4. The van der Waals surface area contributed by atoms with Gasteiger partial charge in [-0.25, -0.2) is 4.79 Å². The van der Waals surface area contributed by atoms with Gasteiger partial charge in [0, 0.05) is 45.3 Å². The lowest BCUT2D eigenvalue weighted by Gasteiger charge is -2.33. The van der Waals surface area contributed by atoms with Gasteiger partial charge < -0.3 is 30.5 Å². The molecule has 4 heterocycles. The summed E-state index contributed by atoms with van der Waals surface area (Å²) in [7, 11) is 0. The van der Waals surface area contributed by atoms with Gasteiger partial charge in [-0.2, -0.15) is 0 Å². The molecule has 4 aromatic carbocycles. The minimum absolute atomic E-state index is 0. The summed E-state index contributed by atoms with van der Waals surface area (Å²) in [6, 6.07) is 34.5. The molecule has 16 nitrogen and oxygen atoms in total. The Hall–Kier alpha value is -7.04. The van der Waals surface area contributed by atoms with E-state index < -0.39 is 52.7 Å². The first-order chi connectivity index (χ1) is 39.5. The van der Waals surface area contributed by atoms with Gasteiger partial charge in [0.2, 0.25) is 23.6 Å². The van der Waals surface area contributed by atoms with Crippen LogP contribution in [0.15, 0.2) is 121 Å². The molecule has 5 amide bonds. The first-order valence-corrected chi connectivity index (χ1v) is 29.7. The van der Waals surface area contributed by atoms with E-state index in [1.54, 1.807) is 58.3 Å². The number of likely N-dealkylation sites (tertiary alicyclic amines) is 3. The van der Waals surface area contributed by atoms with Crippen molar-refractivity contribution in [1.29, 1.82) is 0 Å². The monoisotopic (exact) mass is 1170 g/mol. The van der Waals surface area contributed by atoms with Crippen molar-refractivity contribution in [3.8, 4) is 0 Å². The molecule has 4 fully saturated rings. The molecule has 0 radical (unpaired) electrons. The van der Waals surface area contributed by atoms with E-state index in [1.165, 1.54) is 4.90 Å². The summed E-state index contributed by atoms with van der Waals surface area (Å²) >= 11 is 0. The maximum Gasteiger partial charge on any atom is 0.410 e. The summed E-state index contributed by atoms with van der Waals surface area (Å²) in [5.74, 6) is -1.45. The minimum Gasteiger partial charge on any atom is -0.444 e. The van der Waals surface area contributed by atoms with Crippen molar-refractivity contribution in [2.75, 3.05) is 26.2 Å². The second kappa shape index (κ2) is 30.2. The zero-order valence-electron chi connectivity index (χ0n) is 50.1. The molecule has 4 saturated heterocycles. The van der Waals surface area contributed by atoms with E-state index in [2.05, 4.69) is 16.0 Å². The molecule has 0 spiro atoms. The largest absolute Gasteiger partial charge is 0.444 e. The summed E-state index contributed by atoms with van der Waals surface area (Å²) in [4.78, 5) is 125. The highest BCUT2D eigenvalue weighted by atomic mass is 35.5. The van der Waals surface area contributed by atoms with Gasteiger partial charge in [-0.05, 0) is 114 Å². The number of ketones is 4. The van der Waals surface area contributed by atoms with E-state index in [-0.39, 0.29) is 90.9 Å². The minimum atomic E-state index is -1.12. The van der Waals surface area contributed by atoms with Gasteiger partial charge in [0.1, 0.15) is 11.6 Å². The van der Waals surface area contributed by atoms with Crippen LogP contribution in [0, 0.1) is 10.8 Å². The average Bonchev–Trinajstić information content (AvgIpc) is 3.37. The summed E-state index contributed by atoms with van der Waals surface area (Å²) in [6.07, 6.45) is 6.05. The molecule has 4 aliphatic heterocycles. The van der Waals surface area contributed by atoms with Crippen LogP contribution in [0.4, 0.5) is 4.79 Å². The van der Waals surface area contributed by atoms with Crippen LogP contribution >= 0.6 is 12.4 Å². The van der Waals surface area contributed by atoms with Gasteiger partial charge in [0.15, 0.2) is 23.1 Å². The fourth-order valence-corrected chi connectivity index (χ4v) is 11.6. The molecule has 6 atom stereocenters. The Bertz CT molecular complexity index is 2890. The molecule has 84 heavy (non-hydrogen) atoms. The lowest BCUT2D eigenvalue weighted by atomic mass is 9.83. The summed E-state index contributed by atoms with van der Waals surface area (Å²) < 4.78 is 5.53. The zero-order valence-corrected chi connectivity index (χ0v) is 50.9. The Morgan fingerprint density at radius 1 is 0.488 bits per heavy atom. The van der Waals surface area contributed by atoms with Crippen LogP contribution in [0.25, 0.3) is 0 Å². The summed E-state index contributed by atoms with van der Waals surface area (Å²) in [6.45, 7) is 14.5. The molecule has 4 aliphatic rings. The Labute approximate surface area is 502 Å². The molecule has 0 aromatic heterocycles. The molecule has 0 saturated carbocycles.